The van der Waals surface area contributed by atoms with Gasteiger partial charge in [0.2, 0.25) is 0 Å². The molecule has 0 spiro atoms. The summed E-state index contributed by atoms with van der Waals surface area (Å²) >= 11 is 4.90. The fourth-order valence-electron chi connectivity index (χ4n) is 1.25. The average Bonchev–Trinajstić information content (AvgIpc) is 2.70. The van der Waals surface area contributed by atoms with E-state index in [2.05, 4.69) is 20.9 Å². The van der Waals surface area contributed by atoms with Gasteiger partial charge in [0.1, 0.15) is 0 Å². The molecular formula is C11H8BrNOS. The second-order valence-corrected chi connectivity index (χ2v) is 4.82. The molecule has 0 aromatic carbocycles. The van der Waals surface area contributed by atoms with Crippen molar-refractivity contribution in [3.8, 4) is 0 Å². The van der Waals surface area contributed by atoms with Gasteiger partial charge in [-0.05, 0) is 44.4 Å². The van der Waals surface area contributed by atoms with Crippen molar-refractivity contribution in [2.45, 2.75) is 6.42 Å². The smallest absolute Gasteiger partial charge is 0.168 e. The van der Waals surface area contributed by atoms with Crippen molar-refractivity contribution in [3.05, 3.63) is 50.9 Å². The van der Waals surface area contributed by atoms with E-state index in [1.165, 1.54) is 0 Å². The summed E-state index contributed by atoms with van der Waals surface area (Å²) in [5.74, 6) is 0.0993. The Bertz CT molecular complexity index is 467. The van der Waals surface area contributed by atoms with Gasteiger partial charge in [-0.1, -0.05) is 0 Å². The van der Waals surface area contributed by atoms with Crippen LogP contribution in [-0.4, -0.2) is 10.8 Å². The van der Waals surface area contributed by atoms with Crippen LogP contribution in [0.1, 0.15) is 15.9 Å². The molecule has 2 nitrogen and oxygen atoms in total. The van der Waals surface area contributed by atoms with Crippen molar-refractivity contribution >= 4 is 33.0 Å². The predicted octanol–water partition coefficient (Wildman–Crippen LogP) is 3.33. The Morgan fingerprint density at radius 2 is 2.33 bits per heavy atom. The van der Waals surface area contributed by atoms with Crippen molar-refractivity contribution in [2.24, 2.45) is 0 Å². The second-order valence-electron chi connectivity index (χ2n) is 3.12. The highest BCUT2D eigenvalue weighted by Gasteiger charge is 2.07. The third kappa shape index (κ3) is 2.73. The number of ketones is 1. The first kappa shape index (κ1) is 10.5. The Morgan fingerprint density at radius 1 is 1.47 bits per heavy atom. The summed E-state index contributed by atoms with van der Waals surface area (Å²) in [6, 6.07) is 3.76. The van der Waals surface area contributed by atoms with Gasteiger partial charge >= 0.3 is 0 Å². The van der Waals surface area contributed by atoms with Crippen LogP contribution in [0.4, 0.5) is 0 Å². The summed E-state index contributed by atoms with van der Waals surface area (Å²) < 4.78 is 0.832. The highest BCUT2D eigenvalue weighted by Crippen LogP contribution is 2.13. The van der Waals surface area contributed by atoms with Gasteiger partial charge < -0.3 is 0 Å². The van der Waals surface area contributed by atoms with E-state index in [9.17, 15) is 4.79 Å². The first-order chi connectivity index (χ1) is 7.25. The van der Waals surface area contributed by atoms with Crippen LogP contribution in [0, 0.1) is 0 Å². The van der Waals surface area contributed by atoms with E-state index >= 15 is 0 Å². The lowest BCUT2D eigenvalue weighted by molar-refractivity contribution is 0.0992. The molecular weight excluding hydrogens is 274 g/mol. The number of carbonyl (C=O) groups excluding carboxylic acids is 1. The number of hydrogen-bond acceptors (Lipinski definition) is 3. The Kier molecular flexibility index (Phi) is 3.28. The van der Waals surface area contributed by atoms with E-state index in [1.54, 1.807) is 29.8 Å². The van der Waals surface area contributed by atoms with Gasteiger partial charge in [-0.15, -0.1) is 0 Å². The lowest BCUT2D eigenvalue weighted by Gasteiger charge is -1.99. The second kappa shape index (κ2) is 4.68. The number of carbonyl (C=O) groups is 1. The van der Waals surface area contributed by atoms with Crippen LogP contribution in [0.2, 0.25) is 0 Å². The lowest BCUT2D eigenvalue weighted by atomic mass is 10.1. The molecule has 76 valence electrons. The van der Waals surface area contributed by atoms with Gasteiger partial charge in [0.05, 0.1) is 0 Å². The molecule has 15 heavy (non-hydrogen) atoms. The minimum absolute atomic E-state index is 0.0993. The molecule has 0 saturated heterocycles. The van der Waals surface area contributed by atoms with Crippen LogP contribution in [0.5, 0.6) is 0 Å². The maximum atomic E-state index is 11.8. The summed E-state index contributed by atoms with van der Waals surface area (Å²) in [4.78, 5) is 15.8. The Labute approximate surface area is 100 Å². The largest absolute Gasteiger partial charge is 0.294 e. The zero-order valence-corrected chi connectivity index (χ0v) is 10.2. The normalized spacial score (nSPS) is 10.2. The molecule has 0 radical (unpaired) electrons. The van der Waals surface area contributed by atoms with Gasteiger partial charge in [-0.25, -0.2) is 0 Å². The van der Waals surface area contributed by atoms with Crippen molar-refractivity contribution in [1.29, 1.82) is 0 Å². The fraction of sp³-hybridized carbons (Fsp3) is 0.0909. The molecule has 0 saturated carbocycles. The zero-order valence-electron chi connectivity index (χ0n) is 7.81. The van der Waals surface area contributed by atoms with E-state index < -0.39 is 0 Å². The van der Waals surface area contributed by atoms with Gasteiger partial charge in [0, 0.05) is 28.9 Å². The van der Waals surface area contributed by atoms with Gasteiger partial charge in [0.15, 0.2) is 5.78 Å². The summed E-state index contributed by atoms with van der Waals surface area (Å²) in [6.07, 6.45) is 3.71. The Morgan fingerprint density at radius 3 is 3.00 bits per heavy atom. The summed E-state index contributed by atoms with van der Waals surface area (Å²) in [5.41, 5.74) is 1.71. The van der Waals surface area contributed by atoms with Crippen LogP contribution in [-0.2, 0) is 6.42 Å². The monoisotopic (exact) mass is 281 g/mol. The van der Waals surface area contributed by atoms with Crippen LogP contribution in [0.25, 0.3) is 0 Å². The van der Waals surface area contributed by atoms with Crippen LogP contribution in [0.15, 0.2) is 39.8 Å². The van der Waals surface area contributed by atoms with Crippen molar-refractivity contribution in [1.82, 2.24) is 4.98 Å². The Balaban J connectivity index is 2.15. The van der Waals surface area contributed by atoms with Crippen molar-refractivity contribution in [2.75, 3.05) is 0 Å². The van der Waals surface area contributed by atoms with Crippen molar-refractivity contribution < 1.29 is 4.79 Å². The molecule has 0 unspecified atom stereocenters. The highest BCUT2D eigenvalue weighted by atomic mass is 79.9. The number of pyridine rings is 1. The van der Waals surface area contributed by atoms with Gasteiger partial charge in [-0.2, -0.15) is 11.3 Å². The highest BCUT2D eigenvalue weighted by molar-refractivity contribution is 9.10. The van der Waals surface area contributed by atoms with Gasteiger partial charge in [0.25, 0.3) is 0 Å². The molecule has 2 heterocycles. The van der Waals surface area contributed by atoms with E-state index in [0.717, 1.165) is 10.0 Å². The summed E-state index contributed by atoms with van der Waals surface area (Å²) in [6.45, 7) is 0. The molecule has 0 aliphatic carbocycles. The quantitative estimate of drug-likeness (QED) is 0.808. The lowest BCUT2D eigenvalue weighted by Crippen LogP contribution is -2.03. The molecule has 0 fully saturated rings. The predicted molar refractivity (Wildman–Crippen MR) is 64.3 cm³/mol. The maximum Gasteiger partial charge on any atom is 0.168 e. The number of rotatable bonds is 3. The molecule has 4 heteroatoms. The molecule has 2 rings (SSSR count). The zero-order chi connectivity index (χ0) is 10.7. The van der Waals surface area contributed by atoms with Crippen LogP contribution in [0.3, 0.4) is 0 Å². The number of nitrogens with zero attached hydrogens (tertiary/aromatic N) is 1. The topological polar surface area (TPSA) is 30.0 Å². The van der Waals surface area contributed by atoms with E-state index in [0.29, 0.717) is 12.0 Å². The van der Waals surface area contributed by atoms with Crippen LogP contribution < -0.4 is 0 Å². The standard InChI is InChI=1S/C11H8BrNOS/c12-10-4-9(5-13-6-10)11(14)3-8-1-2-15-7-8/h1-2,4-7H,3H2. The average molecular weight is 282 g/mol. The van der Waals surface area contributed by atoms with E-state index in [4.69, 9.17) is 0 Å². The number of halogens is 1. The van der Waals surface area contributed by atoms with Crippen molar-refractivity contribution in [3.63, 3.8) is 0 Å². The summed E-state index contributed by atoms with van der Waals surface area (Å²) in [7, 11) is 0. The number of thiophene rings is 1. The Hall–Kier alpha value is -1.00. The molecule has 0 amide bonds. The molecule has 2 aromatic heterocycles. The number of aromatic nitrogens is 1. The van der Waals surface area contributed by atoms with E-state index in [-0.39, 0.29) is 5.78 Å². The number of hydrogen-bond donors (Lipinski definition) is 0. The number of Topliss-reactive ketones (excluding diaryl/α,β-unsaturated/α-hetero) is 1. The maximum absolute atomic E-state index is 11.8. The molecule has 0 atom stereocenters. The molecule has 0 bridgehead atoms. The van der Waals surface area contributed by atoms with E-state index in [1.807, 2.05) is 16.8 Å². The minimum Gasteiger partial charge on any atom is -0.294 e. The molecule has 0 aliphatic heterocycles. The molecule has 0 aliphatic rings. The SMILES string of the molecule is O=C(Cc1ccsc1)c1cncc(Br)c1. The third-order valence-corrected chi connectivity index (χ3v) is 3.14. The first-order valence-electron chi connectivity index (χ1n) is 4.40. The summed E-state index contributed by atoms with van der Waals surface area (Å²) in [5, 5.41) is 3.96. The van der Waals surface area contributed by atoms with Gasteiger partial charge in [-0.3, -0.25) is 9.78 Å². The molecule has 2 aromatic rings. The minimum atomic E-state index is 0.0993. The first-order valence-corrected chi connectivity index (χ1v) is 6.14. The van der Waals surface area contributed by atoms with Crippen LogP contribution >= 0.6 is 27.3 Å². The fourth-order valence-corrected chi connectivity index (χ4v) is 2.28. The molecule has 0 N–H and O–H groups in total. The third-order valence-electron chi connectivity index (χ3n) is 1.97.